The number of aliphatic hydroxyl groups is 1. The number of nitrogens with one attached hydrogen (secondary N) is 3. The molecule has 11 nitrogen and oxygen atoms in total. The van der Waals surface area contributed by atoms with Crippen molar-refractivity contribution >= 4 is 47.5 Å². The summed E-state index contributed by atoms with van der Waals surface area (Å²) >= 11 is 5.22. The molecule has 3 unspecified atom stereocenters. The molecule has 4 N–H and O–H groups in total. The fourth-order valence-corrected chi connectivity index (χ4v) is 9.62. The summed E-state index contributed by atoms with van der Waals surface area (Å²) < 4.78 is 5.30. The first kappa shape index (κ1) is 51.1. The maximum atomic E-state index is 14.8. The summed E-state index contributed by atoms with van der Waals surface area (Å²) in [5.74, 6) is 0.878. The highest BCUT2D eigenvalue weighted by Gasteiger charge is 2.47. The number of hydrogen-bond donors (Lipinski definition) is 5. The summed E-state index contributed by atoms with van der Waals surface area (Å²) in [4.78, 5) is 57.7. The number of likely N-dealkylation sites (tertiary alicyclic amines) is 1. The molecule has 3 atom stereocenters. The third-order valence-corrected chi connectivity index (χ3v) is 13.0. The summed E-state index contributed by atoms with van der Waals surface area (Å²) in [5, 5.41) is 18.6. The topological polar surface area (TPSA) is 140 Å². The zero-order valence-corrected chi connectivity index (χ0v) is 40.0. The van der Waals surface area contributed by atoms with Gasteiger partial charge in [-0.2, -0.15) is 12.6 Å². The van der Waals surface area contributed by atoms with Crippen molar-refractivity contribution in [2.75, 3.05) is 58.4 Å². The van der Waals surface area contributed by atoms with Gasteiger partial charge in [0.05, 0.1) is 17.7 Å². The van der Waals surface area contributed by atoms with Crippen LogP contribution in [0.15, 0.2) is 48.5 Å². The molecule has 13 heteroatoms. The van der Waals surface area contributed by atoms with Gasteiger partial charge < -0.3 is 35.6 Å². The Morgan fingerprint density at radius 2 is 1.52 bits per heavy atom. The standard InChI is InChI=1S/C47H75N5O6S2/c1-12-38(52-24-15-21-39(52)54)31-46(8,40(55)48-22-16-23-51(10)11)33-47(9,37-20-14-19-36(30-37)45(6,7)50-42(57)60-28-25-53)32-43(2,3)34-17-13-18-35(29-34)44(4,5)49-41(56)58-26-27-59/h13-14,17-20,29-30,38,53,59H,12,15-16,21-28,31-33H2,1-11H3,(H,48,55)(H,49,56)(H,50,57). The minimum absolute atomic E-state index is 0.0142. The first-order chi connectivity index (χ1) is 28.0. The number of amides is 4. The van der Waals surface area contributed by atoms with Crippen molar-refractivity contribution < 1.29 is 29.0 Å². The second-order valence-corrected chi connectivity index (χ2v) is 20.6. The number of hydrogen-bond acceptors (Lipinski definition) is 9. The molecule has 0 aliphatic carbocycles. The molecule has 0 bridgehead atoms. The molecule has 0 aromatic heterocycles. The first-order valence-electron chi connectivity index (χ1n) is 21.6. The van der Waals surface area contributed by atoms with Crippen LogP contribution in [0.4, 0.5) is 9.59 Å². The molecule has 0 radical (unpaired) electrons. The van der Waals surface area contributed by atoms with E-state index in [-0.39, 0.29) is 36.3 Å². The molecule has 0 spiro atoms. The average Bonchev–Trinajstić information content (AvgIpc) is 3.61. The molecule has 0 saturated carbocycles. The van der Waals surface area contributed by atoms with E-state index in [9.17, 15) is 24.3 Å². The maximum absolute atomic E-state index is 14.8. The quantitative estimate of drug-likeness (QED) is 0.0558. The SMILES string of the molecule is CCC(CC(C)(CC(C)(CC(C)(C)c1cccc(C(C)(C)NC(=O)OCCS)c1)c1cccc(C(C)(C)NC(=O)SCCO)c1)C(=O)NCCCN(C)C)N1CCCC1=O. The predicted molar refractivity (Wildman–Crippen MR) is 249 cm³/mol. The van der Waals surface area contributed by atoms with Crippen molar-refractivity contribution in [3.8, 4) is 0 Å². The molecule has 1 fully saturated rings. The van der Waals surface area contributed by atoms with Crippen LogP contribution >= 0.6 is 24.4 Å². The summed E-state index contributed by atoms with van der Waals surface area (Å²) in [6, 6.07) is 16.6. The third-order valence-electron chi connectivity index (χ3n) is 12.1. The zero-order valence-electron chi connectivity index (χ0n) is 38.3. The molecule has 1 aliphatic heterocycles. The minimum Gasteiger partial charge on any atom is -0.449 e. The Morgan fingerprint density at radius 1 is 0.917 bits per heavy atom. The number of carbonyl (C=O) groups is 4. The average molecular weight is 870 g/mol. The Balaban J connectivity index is 2.19. The smallest absolute Gasteiger partial charge is 0.407 e. The van der Waals surface area contributed by atoms with E-state index in [4.69, 9.17) is 4.74 Å². The Labute approximate surface area is 370 Å². The maximum Gasteiger partial charge on any atom is 0.407 e. The second-order valence-electron chi connectivity index (χ2n) is 19.1. The van der Waals surface area contributed by atoms with E-state index in [1.807, 2.05) is 71.0 Å². The van der Waals surface area contributed by atoms with Crippen LogP contribution in [0.25, 0.3) is 0 Å². The summed E-state index contributed by atoms with van der Waals surface area (Å²) in [5.41, 5.74) is 0.607. The largest absolute Gasteiger partial charge is 0.449 e. The van der Waals surface area contributed by atoms with Crippen molar-refractivity contribution in [3.05, 3.63) is 70.8 Å². The van der Waals surface area contributed by atoms with Crippen LogP contribution in [-0.4, -0.2) is 103 Å². The number of ether oxygens (including phenoxy) is 1. The molecule has 2 aromatic rings. The molecular formula is C47H75N5O6S2. The Bertz CT molecular complexity index is 1750. The minimum atomic E-state index is -0.867. The van der Waals surface area contributed by atoms with Gasteiger partial charge in [0.2, 0.25) is 11.8 Å². The monoisotopic (exact) mass is 870 g/mol. The highest BCUT2D eigenvalue weighted by Crippen LogP contribution is 2.49. The van der Waals surface area contributed by atoms with E-state index in [2.05, 4.69) is 92.4 Å². The normalized spacial score (nSPS) is 16.2. The Kier molecular flexibility index (Phi) is 18.9. The lowest BCUT2D eigenvalue weighted by molar-refractivity contribution is -0.136. The van der Waals surface area contributed by atoms with Crippen molar-refractivity contribution in [2.24, 2.45) is 5.41 Å². The molecule has 1 aliphatic rings. The van der Waals surface area contributed by atoms with Crippen LogP contribution in [0.2, 0.25) is 0 Å². The van der Waals surface area contributed by atoms with Crippen LogP contribution < -0.4 is 16.0 Å². The van der Waals surface area contributed by atoms with Crippen molar-refractivity contribution in [1.82, 2.24) is 25.8 Å². The molecule has 336 valence electrons. The van der Waals surface area contributed by atoms with Crippen molar-refractivity contribution in [2.45, 2.75) is 135 Å². The number of rotatable bonds is 23. The summed E-state index contributed by atoms with van der Waals surface area (Å²) in [7, 11) is 4.05. The molecule has 1 heterocycles. The number of alkyl carbamates (subject to hydrolysis) is 1. The number of nitrogens with zero attached hydrogens (tertiary/aromatic N) is 2. The third kappa shape index (κ3) is 14.4. The van der Waals surface area contributed by atoms with Gasteiger partial charge >= 0.3 is 6.09 Å². The van der Waals surface area contributed by atoms with Crippen molar-refractivity contribution in [3.63, 3.8) is 0 Å². The van der Waals surface area contributed by atoms with Gasteiger partial charge in [-0.15, -0.1) is 0 Å². The van der Waals surface area contributed by atoms with Gasteiger partial charge in [-0.3, -0.25) is 14.4 Å². The summed E-state index contributed by atoms with van der Waals surface area (Å²) in [6.45, 7) is 21.0. The highest BCUT2D eigenvalue weighted by atomic mass is 32.2. The lowest BCUT2D eigenvalue weighted by Crippen LogP contribution is -2.49. The molecule has 1 saturated heterocycles. The number of thioether (sulfide) groups is 1. The van der Waals surface area contributed by atoms with E-state index in [0.717, 1.165) is 59.8 Å². The van der Waals surface area contributed by atoms with Gasteiger partial charge in [-0.25, -0.2) is 4.79 Å². The molecular weight excluding hydrogens is 795 g/mol. The first-order valence-corrected chi connectivity index (χ1v) is 23.2. The van der Waals surface area contributed by atoms with Gasteiger partial charge in [-0.1, -0.05) is 94.9 Å². The lowest BCUT2D eigenvalue weighted by atomic mass is 9.60. The van der Waals surface area contributed by atoms with E-state index >= 15 is 0 Å². The van der Waals surface area contributed by atoms with Crippen LogP contribution in [0.1, 0.15) is 130 Å². The van der Waals surface area contributed by atoms with E-state index < -0.39 is 33.4 Å². The van der Waals surface area contributed by atoms with Crippen LogP contribution in [0.5, 0.6) is 0 Å². The number of thiol groups is 1. The fraction of sp³-hybridized carbons (Fsp3) is 0.660. The second kappa shape index (κ2) is 22.2. The van der Waals surface area contributed by atoms with E-state index in [1.54, 1.807) is 0 Å². The number of carbonyl (C=O) groups excluding carboxylic acids is 4. The molecule has 3 rings (SSSR count). The molecule has 4 amide bonds. The Hall–Kier alpha value is -3.26. The number of benzene rings is 2. The van der Waals surface area contributed by atoms with E-state index in [0.29, 0.717) is 50.3 Å². The van der Waals surface area contributed by atoms with Crippen molar-refractivity contribution in [1.29, 1.82) is 0 Å². The zero-order chi connectivity index (χ0) is 44.9. The highest BCUT2D eigenvalue weighted by molar-refractivity contribution is 8.13. The van der Waals surface area contributed by atoms with E-state index in [1.165, 1.54) is 0 Å². The lowest BCUT2D eigenvalue weighted by Gasteiger charge is -2.45. The van der Waals surface area contributed by atoms with Gasteiger partial charge in [0.15, 0.2) is 0 Å². The van der Waals surface area contributed by atoms with Gasteiger partial charge in [0.25, 0.3) is 5.24 Å². The van der Waals surface area contributed by atoms with Crippen LogP contribution in [0, 0.1) is 5.41 Å². The van der Waals surface area contributed by atoms with Gasteiger partial charge in [0, 0.05) is 42.5 Å². The number of aliphatic hydroxyl groups excluding tert-OH is 1. The van der Waals surface area contributed by atoms with Gasteiger partial charge in [0.1, 0.15) is 6.61 Å². The van der Waals surface area contributed by atoms with Crippen LogP contribution in [0.3, 0.4) is 0 Å². The molecule has 60 heavy (non-hydrogen) atoms. The predicted octanol–water partition coefficient (Wildman–Crippen LogP) is 8.13. The Morgan fingerprint density at radius 3 is 2.08 bits per heavy atom. The van der Waals surface area contributed by atoms with Gasteiger partial charge in [-0.05, 0) is 120 Å². The van der Waals surface area contributed by atoms with Crippen LogP contribution in [-0.2, 0) is 36.2 Å². The fourth-order valence-electron chi connectivity index (χ4n) is 8.93. The molecule has 2 aromatic carbocycles. The summed E-state index contributed by atoms with van der Waals surface area (Å²) in [6.07, 6.45) is 4.08.